The van der Waals surface area contributed by atoms with Gasteiger partial charge in [-0.3, -0.25) is 0 Å². The number of benzene rings is 1. The van der Waals surface area contributed by atoms with E-state index in [0.29, 0.717) is 13.2 Å². The van der Waals surface area contributed by atoms with Gasteiger partial charge in [-0.1, -0.05) is 19.1 Å². The summed E-state index contributed by atoms with van der Waals surface area (Å²) in [6.07, 6.45) is 0.767. The minimum absolute atomic E-state index is 0.139. The Balaban J connectivity index is 3.01. The maximum absolute atomic E-state index is 12.3. The highest BCUT2D eigenvalue weighted by Crippen LogP contribution is 2.20. The molecule has 0 amide bonds. The van der Waals surface area contributed by atoms with Crippen LogP contribution in [0, 0.1) is 0 Å². The van der Waals surface area contributed by atoms with E-state index >= 15 is 0 Å². The van der Waals surface area contributed by atoms with Gasteiger partial charge in [-0.25, -0.2) is 8.42 Å². The molecule has 0 saturated heterocycles. The molecule has 1 unspecified atom stereocenters. The summed E-state index contributed by atoms with van der Waals surface area (Å²) in [4.78, 5) is 0.271. The van der Waals surface area contributed by atoms with Gasteiger partial charge in [-0.15, -0.1) is 0 Å². The lowest BCUT2D eigenvalue weighted by Crippen LogP contribution is -2.30. The Morgan fingerprint density at radius 2 is 2.11 bits per heavy atom. The van der Waals surface area contributed by atoms with Crippen LogP contribution in [0.15, 0.2) is 29.2 Å². The van der Waals surface area contributed by atoms with Gasteiger partial charge in [0.1, 0.15) is 0 Å². The van der Waals surface area contributed by atoms with Crippen molar-refractivity contribution in [3.8, 4) is 0 Å². The largest absolute Gasteiger partial charge is 0.383 e. The first kappa shape index (κ1) is 16.1. The van der Waals surface area contributed by atoms with E-state index in [2.05, 4.69) is 0 Å². The summed E-state index contributed by atoms with van der Waals surface area (Å²) in [6.45, 7) is 2.66. The van der Waals surface area contributed by atoms with Gasteiger partial charge in [0, 0.05) is 26.7 Å². The van der Waals surface area contributed by atoms with Gasteiger partial charge in [-0.2, -0.15) is 4.31 Å². The zero-order chi connectivity index (χ0) is 14.5. The van der Waals surface area contributed by atoms with Gasteiger partial charge < -0.3 is 10.5 Å². The summed E-state index contributed by atoms with van der Waals surface area (Å²) in [5.41, 5.74) is 6.77. The number of sulfonamides is 1. The predicted octanol–water partition coefficient (Wildman–Crippen LogP) is 1.36. The second kappa shape index (κ2) is 7.00. The van der Waals surface area contributed by atoms with Crippen molar-refractivity contribution in [2.45, 2.75) is 24.3 Å². The number of hydrogen-bond donors (Lipinski definition) is 1. The van der Waals surface area contributed by atoms with E-state index in [4.69, 9.17) is 10.5 Å². The molecule has 1 rings (SSSR count). The van der Waals surface area contributed by atoms with Crippen LogP contribution in [-0.2, 0) is 14.8 Å². The topological polar surface area (TPSA) is 72.6 Å². The molecule has 0 aromatic heterocycles. The number of nitrogens with zero attached hydrogens (tertiary/aromatic N) is 1. The van der Waals surface area contributed by atoms with Crippen LogP contribution in [-0.4, -0.2) is 40.0 Å². The smallest absolute Gasteiger partial charge is 0.242 e. The van der Waals surface area contributed by atoms with E-state index in [0.717, 1.165) is 12.0 Å². The molecule has 19 heavy (non-hydrogen) atoms. The molecule has 1 aromatic rings. The number of hydrogen-bond acceptors (Lipinski definition) is 4. The zero-order valence-corrected chi connectivity index (χ0v) is 12.5. The summed E-state index contributed by atoms with van der Waals surface area (Å²) >= 11 is 0. The fourth-order valence-electron chi connectivity index (χ4n) is 1.66. The lowest BCUT2D eigenvalue weighted by atomic mass is 10.1. The van der Waals surface area contributed by atoms with E-state index < -0.39 is 10.0 Å². The molecule has 6 heteroatoms. The fraction of sp³-hybridized carbons (Fsp3) is 0.538. The third-order valence-electron chi connectivity index (χ3n) is 3.04. The van der Waals surface area contributed by atoms with Crippen molar-refractivity contribution in [1.82, 2.24) is 4.31 Å². The third-order valence-corrected chi connectivity index (χ3v) is 4.90. The Kier molecular flexibility index (Phi) is 5.93. The molecule has 0 aliphatic rings. The molecular weight excluding hydrogens is 264 g/mol. The van der Waals surface area contributed by atoms with E-state index in [1.54, 1.807) is 32.4 Å². The second-order valence-electron chi connectivity index (χ2n) is 4.41. The summed E-state index contributed by atoms with van der Waals surface area (Å²) < 4.78 is 30.8. The van der Waals surface area contributed by atoms with Crippen LogP contribution in [0.25, 0.3) is 0 Å². The molecule has 108 valence electrons. The quantitative estimate of drug-likeness (QED) is 0.821. The highest BCUT2D eigenvalue weighted by molar-refractivity contribution is 7.89. The van der Waals surface area contributed by atoms with E-state index in [9.17, 15) is 8.42 Å². The van der Waals surface area contributed by atoms with E-state index in [-0.39, 0.29) is 10.9 Å². The zero-order valence-electron chi connectivity index (χ0n) is 11.7. The van der Waals surface area contributed by atoms with Crippen molar-refractivity contribution in [1.29, 1.82) is 0 Å². The van der Waals surface area contributed by atoms with Crippen molar-refractivity contribution in [2.75, 3.05) is 27.3 Å². The Labute approximate surface area is 115 Å². The summed E-state index contributed by atoms with van der Waals surface area (Å²) in [6, 6.07) is 6.67. The van der Waals surface area contributed by atoms with Crippen LogP contribution >= 0.6 is 0 Å². The standard InChI is InChI=1S/C13H22N2O3S/c1-4-13(14)11-6-5-7-12(10-11)19(16,17)15(2)8-9-18-3/h5-7,10,13H,4,8-9,14H2,1-3H3. The first-order valence-electron chi connectivity index (χ1n) is 6.24. The van der Waals surface area contributed by atoms with Crippen LogP contribution in [0.5, 0.6) is 0 Å². The van der Waals surface area contributed by atoms with Gasteiger partial charge in [0.2, 0.25) is 10.0 Å². The molecular formula is C13H22N2O3S. The van der Waals surface area contributed by atoms with Crippen molar-refractivity contribution in [3.05, 3.63) is 29.8 Å². The van der Waals surface area contributed by atoms with Crippen molar-refractivity contribution < 1.29 is 13.2 Å². The second-order valence-corrected chi connectivity index (χ2v) is 6.45. The fourth-order valence-corrected chi connectivity index (χ4v) is 2.87. The summed E-state index contributed by atoms with van der Waals surface area (Å²) in [5, 5.41) is 0. The highest BCUT2D eigenvalue weighted by Gasteiger charge is 2.21. The van der Waals surface area contributed by atoms with Gasteiger partial charge in [0.15, 0.2) is 0 Å². The number of ether oxygens (including phenoxy) is 1. The molecule has 0 spiro atoms. The van der Waals surface area contributed by atoms with Gasteiger partial charge in [0.25, 0.3) is 0 Å². The molecule has 0 aliphatic carbocycles. The predicted molar refractivity (Wildman–Crippen MR) is 75.4 cm³/mol. The van der Waals surface area contributed by atoms with Crippen LogP contribution in [0.3, 0.4) is 0 Å². The van der Waals surface area contributed by atoms with Gasteiger partial charge in [-0.05, 0) is 24.1 Å². The SMILES string of the molecule is CCC(N)c1cccc(S(=O)(=O)N(C)CCOC)c1. The number of nitrogens with two attached hydrogens (primary N) is 1. The summed E-state index contributed by atoms with van der Waals surface area (Å²) in [7, 11) is -0.392. The third kappa shape index (κ3) is 4.01. The van der Waals surface area contributed by atoms with E-state index in [1.165, 1.54) is 4.31 Å². The van der Waals surface area contributed by atoms with Gasteiger partial charge in [0.05, 0.1) is 11.5 Å². The van der Waals surface area contributed by atoms with Gasteiger partial charge >= 0.3 is 0 Å². The Morgan fingerprint density at radius 1 is 1.42 bits per heavy atom. The van der Waals surface area contributed by atoms with Crippen LogP contribution < -0.4 is 5.73 Å². The Morgan fingerprint density at radius 3 is 2.68 bits per heavy atom. The average Bonchev–Trinajstić information content (AvgIpc) is 2.43. The Bertz CT molecular complexity index is 502. The molecule has 1 atom stereocenters. The average molecular weight is 286 g/mol. The van der Waals surface area contributed by atoms with Crippen LogP contribution in [0.2, 0.25) is 0 Å². The number of methoxy groups -OCH3 is 1. The lowest BCUT2D eigenvalue weighted by molar-refractivity contribution is 0.185. The number of rotatable bonds is 7. The van der Waals surface area contributed by atoms with E-state index in [1.807, 2.05) is 13.0 Å². The maximum atomic E-state index is 12.3. The number of likely N-dealkylation sites (N-methyl/N-ethyl adjacent to an activating group) is 1. The normalized spacial score (nSPS) is 13.7. The van der Waals surface area contributed by atoms with Crippen molar-refractivity contribution in [2.24, 2.45) is 5.73 Å². The molecule has 5 nitrogen and oxygen atoms in total. The molecule has 0 radical (unpaired) electrons. The minimum atomic E-state index is -3.48. The molecule has 1 aromatic carbocycles. The first-order valence-corrected chi connectivity index (χ1v) is 7.68. The minimum Gasteiger partial charge on any atom is -0.383 e. The molecule has 0 fully saturated rings. The van der Waals surface area contributed by atoms with Crippen molar-refractivity contribution in [3.63, 3.8) is 0 Å². The highest BCUT2D eigenvalue weighted by atomic mass is 32.2. The molecule has 0 saturated carbocycles. The first-order chi connectivity index (χ1) is 8.93. The monoisotopic (exact) mass is 286 g/mol. The van der Waals surface area contributed by atoms with Crippen LogP contribution in [0.1, 0.15) is 24.9 Å². The summed E-state index contributed by atoms with van der Waals surface area (Å²) in [5.74, 6) is 0. The maximum Gasteiger partial charge on any atom is 0.242 e. The molecule has 0 aliphatic heterocycles. The molecule has 0 bridgehead atoms. The van der Waals surface area contributed by atoms with Crippen LogP contribution in [0.4, 0.5) is 0 Å². The molecule has 0 heterocycles. The molecule has 2 N–H and O–H groups in total. The van der Waals surface area contributed by atoms with Crippen molar-refractivity contribution >= 4 is 10.0 Å². The Hall–Kier alpha value is -0.950. The lowest BCUT2D eigenvalue weighted by Gasteiger charge is -2.18.